The second-order valence-corrected chi connectivity index (χ2v) is 8.03. The molecule has 1 saturated carbocycles. The summed E-state index contributed by atoms with van der Waals surface area (Å²) in [5.74, 6) is 1.29. The standard InChI is InChI=1S/C17H29ClN4O2/c1-11-5-3-4-6-13(11)10-21-7-8-22(12(2)17(21)24)14-9-19-20-16(23)15(14)18/h11-15,19H,3-10H2,1-2H3,(H,20,23)/t11?,12-,13?,14?,15?/m1/s1. The van der Waals surface area contributed by atoms with E-state index in [0.29, 0.717) is 18.4 Å². The van der Waals surface area contributed by atoms with Gasteiger partial charge in [0.25, 0.3) is 5.91 Å². The lowest BCUT2D eigenvalue weighted by molar-refractivity contribution is -0.145. The first-order valence-corrected chi connectivity index (χ1v) is 9.64. The number of halogens is 1. The topological polar surface area (TPSA) is 64.7 Å². The summed E-state index contributed by atoms with van der Waals surface area (Å²) in [5, 5.41) is -0.619. The van der Waals surface area contributed by atoms with Gasteiger partial charge in [-0.1, -0.05) is 26.2 Å². The Morgan fingerprint density at radius 3 is 2.67 bits per heavy atom. The number of rotatable bonds is 3. The third-order valence-corrected chi connectivity index (χ3v) is 6.56. The minimum atomic E-state index is -0.619. The van der Waals surface area contributed by atoms with Gasteiger partial charge in [-0.15, -0.1) is 11.6 Å². The fraction of sp³-hybridized carbons (Fsp3) is 0.882. The first-order valence-electron chi connectivity index (χ1n) is 9.20. The molecular formula is C17H29ClN4O2. The molecule has 0 aromatic heterocycles. The molecular weight excluding hydrogens is 328 g/mol. The molecule has 3 rings (SSSR count). The minimum absolute atomic E-state index is 0.143. The van der Waals surface area contributed by atoms with E-state index in [2.05, 4.69) is 22.7 Å². The van der Waals surface area contributed by atoms with Crippen LogP contribution in [-0.4, -0.2) is 65.3 Å². The smallest absolute Gasteiger partial charge is 0.253 e. The SMILES string of the molecule is CC1CCCCC1CN1CCN(C2CNNC(=O)C2Cl)[C@H](C)C1=O. The molecule has 2 aliphatic heterocycles. The molecule has 3 fully saturated rings. The largest absolute Gasteiger partial charge is 0.340 e. The average Bonchev–Trinajstić information content (AvgIpc) is 2.57. The van der Waals surface area contributed by atoms with Crippen LogP contribution in [0.5, 0.6) is 0 Å². The van der Waals surface area contributed by atoms with Crippen molar-refractivity contribution in [3.8, 4) is 0 Å². The van der Waals surface area contributed by atoms with Crippen molar-refractivity contribution < 1.29 is 9.59 Å². The first-order chi connectivity index (χ1) is 11.5. The minimum Gasteiger partial charge on any atom is -0.340 e. The molecule has 2 heterocycles. The molecule has 2 N–H and O–H groups in total. The molecule has 2 saturated heterocycles. The molecule has 2 amide bonds. The zero-order chi connectivity index (χ0) is 17.3. The van der Waals surface area contributed by atoms with Crippen LogP contribution in [-0.2, 0) is 9.59 Å². The number of piperazine rings is 1. The summed E-state index contributed by atoms with van der Waals surface area (Å²) in [7, 11) is 0. The molecule has 24 heavy (non-hydrogen) atoms. The van der Waals surface area contributed by atoms with E-state index in [9.17, 15) is 9.59 Å². The van der Waals surface area contributed by atoms with Crippen LogP contribution in [0.4, 0.5) is 0 Å². The average molecular weight is 357 g/mol. The summed E-state index contributed by atoms with van der Waals surface area (Å²) < 4.78 is 0. The highest BCUT2D eigenvalue weighted by molar-refractivity contribution is 6.31. The summed E-state index contributed by atoms with van der Waals surface area (Å²) in [6, 6.07) is -0.369. The van der Waals surface area contributed by atoms with Gasteiger partial charge in [-0.05, 0) is 25.2 Å². The Balaban J connectivity index is 1.62. The van der Waals surface area contributed by atoms with Gasteiger partial charge in [0, 0.05) is 26.2 Å². The van der Waals surface area contributed by atoms with Gasteiger partial charge in [0.2, 0.25) is 5.91 Å². The Kier molecular flexibility index (Phi) is 5.67. The van der Waals surface area contributed by atoms with E-state index < -0.39 is 5.38 Å². The predicted octanol–water partition coefficient (Wildman–Crippen LogP) is 0.956. The molecule has 3 aliphatic rings. The summed E-state index contributed by atoms with van der Waals surface area (Å²) in [6.45, 7) is 7.21. The first kappa shape index (κ1) is 18.0. The van der Waals surface area contributed by atoms with Crippen molar-refractivity contribution in [2.24, 2.45) is 11.8 Å². The third kappa shape index (κ3) is 3.55. The molecule has 0 radical (unpaired) electrons. The van der Waals surface area contributed by atoms with Crippen LogP contribution in [0.3, 0.4) is 0 Å². The van der Waals surface area contributed by atoms with Crippen LogP contribution < -0.4 is 10.9 Å². The van der Waals surface area contributed by atoms with Gasteiger partial charge in [0.1, 0.15) is 5.38 Å². The van der Waals surface area contributed by atoms with Crippen LogP contribution in [0.1, 0.15) is 39.5 Å². The van der Waals surface area contributed by atoms with Gasteiger partial charge in [0.15, 0.2) is 0 Å². The van der Waals surface area contributed by atoms with Crippen molar-refractivity contribution in [1.82, 2.24) is 20.7 Å². The molecule has 0 bridgehead atoms. The van der Waals surface area contributed by atoms with E-state index in [1.165, 1.54) is 25.7 Å². The lowest BCUT2D eigenvalue weighted by Crippen LogP contribution is -2.67. The number of hydrogen-bond acceptors (Lipinski definition) is 4. The van der Waals surface area contributed by atoms with Crippen LogP contribution in [0.25, 0.3) is 0 Å². The number of nitrogens with zero attached hydrogens (tertiary/aromatic N) is 2. The Morgan fingerprint density at radius 1 is 1.17 bits per heavy atom. The maximum Gasteiger partial charge on any atom is 0.253 e. The van der Waals surface area contributed by atoms with Crippen molar-refractivity contribution in [2.45, 2.75) is 57.0 Å². The Morgan fingerprint density at radius 2 is 1.92 bits per heavy atom. The zero-order valence-electron chi connectivity index (χ0n) is 14.6. The van der Waals surface area contributed by atoms with Gasteiger partial charge in [-0.25, -0.2) is 5.43 Å². The predicted molar refractivity (Wildman–Crippen MR) is 93.4 cm³/mol. The van der Waals surface area contributed by atoms with E-state index in [-0.39, 0.29) is 23.9 Å². The maximum atomic E-state index is 12.9. The van der Waals surface area contributed by atoms with E-state index in [1.807, 2.05) is 11.8 Å². The summed E-state index contributed by atoms with van der Waals surface area (Å²) in [6.07, 6.45) is 5.13. The molecule has 136 valence electrons. The van der Waals surface area contributed by atoms with Gasteiger partial charge in [0.05, 0.1) is 12.1 Å². The second-order valence-electron chi connectivity index (χ2n) is 7.56. The molecule has 0 aromatic rings. The zero-order valence-corrected chi connectivity index (χ0v) is 15.4. The van der Waals surface area contributed by atoms with E-state index in [4.69, 9.17) is 11.6 Å². The molecule has 6 nitrogen and oxygen atoms in total. The Hall–Kier alpha value is -0.850. The molecule has 7 heteroatoms. The monoisotopic (exact) mass is 356 g/mol. The van der Waals surface area contributed by atoms with Crippen molar-refractivity contribution in [3.05, 3.63) is 0 Å². The Bertz CT molecular complexity index is 489. The number of hydrazine groups is 1. The van der Waals surface area contributed by atoms with Gasteiger partial charge in [-0.2, -0.15) is 0 Å². The normalized spacial score (nSPS) is 39.0. The van der Waals surface area contributed by atoms with Crippen LogP contribution >= 0.6 is 11.6 Å². The molecule has 5 atom stereocenters. The fourth-order valence-corrected chi connectivity index (χ4v) is 4.69. The molecule has 0 spiro atoms. The van der Waals surface area contributed by atoms with Crippen molar-refractivity contribution in [2.75, 3.05) is 26.2 Å². The van der Waals surface area contributed by atoms with Gasteiger partial charge >= 0.3 is 0 Å². The summed E-state index contributed by atoms with van der Waals surface area (Å²) in [5.41, 5.74) is 5.43. The maximum absolute atomic E-state index is 12.9. The van der Waals surface area contributed by atoms with Crippen molar-refractivity contribution in [3.63, 3.8) is 0 Å². The number of carbonyl (C=O) groups is 2. The number of alkyl halides is 1. The van der Waals surface area contributed by atoms with E-state index in [0.717, 1.165) is 19.6 Å². The number of nitrogens with one attached hydrogen (secondary N) is 2. The lowest BCUT2D eigenvalue weighted by atomic mass is 9.80. The molecule has 0 aromatic carbocycles. The van der Waals surface area contributed by atoms with E-state index >= 15 is 0 Å². The van der Waals surface area contributed by atoms with Crippen LogP contribution in [0, 0.1) is 11.8 Å². The van der Waals surface area contributed by atoms with Crippen molar-refractivity contribution in [1.29, 1.82) is 0 Å². The molecule has 1 aliphatic carbocycles. The highest BCUT2D eigenvalue weighted by Crippen LogP contribution is 2.31. The Labute approximate surface area is 149 Å². The quantitative estimate of drug-likeness (QED) is 0.739. The van der Waals surface area contributed by atoms with E-state index in [1.54, 1.807) is 0 Å². The number of amides is 2. The molecule has 4 unspecified atom stereocenters. The van der Waals surface area contributed by atoms with Crippen LogP contribution in [0.2, 0.25) is 0 Å². The summed E-state index contributed by atoms with van der Waals surface area (Å²) in [4.78, 5) is 28.8. The van der Waals surface area contributed by atoms with Gasteiger partial charge < -0.3 is 4.90 Å². The highest BCUT2D eigenvalue weighted by atomic mass is 35.5. The van der Waals surface area contributed by atoms with Crippen LogP contribution in [0.15, 0.2) is 0 Å². The number of hydrogen-bond donors (Lipinski definition) is 2. The highest BCUT2D eigenvalue weighted by Gasteiger charge is 2.42. The van der Waals surface area contributed by atoms with Crippen molar-refractivity contribution >= 4 is 23.4 Å². The lowest BCUT2D eigenvalue weighted by Gasteiger charge is -2.46. The fourth-order valence-electron chi connectivity index (χ4n) is 4.40. The summed E-state index contributed by atoms with van der Waals surface area (Å²) >= 11 is 6.27. The number of carbonyl (C=O) groups excluding carboxylic acids is 2. The third-order valence-electron chi connectivity index (χ3n) is 6.08. The van der Waals surface area contributed by atoms with Gasteiger partial charge in [-0.3, -0.25) is 19.9 Å². The second kappa shape index (κ2) is 7.58.